The lowest BCUT2D eigenvalue weighted by Gasteiger charge is -2.13. The van der Waals surface area contributed by atoms with Crippen molar-refractivity contribution in [3.05, 3.63) is 151 Å². The highest BCUT2D eigenvalue weighted by atomic mass is 16.3. The van der Waals surface area contributed by atoms with Gasteiger partial charge in [0, 0.05) is 38.2 Å². The second-order valence-corrected chi connectivity index (χ2v) is 12.2. The lowest BCUT2D eigenvalue weighted by molar-refractivity contribution is 0.668. The van der Waals surface area contributed by atoms with Crippen molar-refractivity contribution < 1.29 is 18.4 Å². The minimum absolute atomic E-state index is 0.0475. The summed E-state index contributed by atoms with van der Waals surface area (Å²) in [5, 5.41) is 8.00. The van der Waals surface area contributed by atoms with E-state index in [0.717, 1.165) is 43.1 Å². The summed E-state index contributed by atoms with van der Waals surface area (Å²) in [7, 11) is 0. The molecule has 50 heavy (non-hydrogen) atoms. The molecule has 0 aliphatic heterocycles. The Bertz CT molecular complexity index is 3540. The summed E-state index contributed by atoms with van der Waals surface area (Å²) in [5.74, 6) is 0.479. The number of fused-ring (bicyclic) bond motifs is 12. The molecule has 0 aliphatic carbocycles. The van der Waals surface area contributed by atoms with Gasteiger partial charge >= 0.3 is 0 Å². The van der Waals surface area contributed by atoms with E-state index in [1.807, 2.05) is 78.9 Å². The van der Waals surface area contributed by atoms with Crippen molar-refractivity contribution in [1.29, 1.82) is 0 Å². The Morgan fingerprint density at radius 3 is 1.80 bits per heavy atom. The SMILES string of the molecule is [2H]c1c([2H])c([2H])c2c(oc3c([2H])c(-c4nc(-c5ccc6c7ccccc7c7ccccc7c6c5)nc(-c5cccc6oc7ccccc7c56)n4)c([2H])c([2H])c32)c1[2H]. The van der Waals surface area contributed by atoms with Gasteiger partial charge in [-0.2, -0.15) is 0 Å². The molecule has 0 spiro atoms. The van der Waals surface area contributed by atoms with Crippen LogP contribution in [0.2, 0.25) is 0 Å². The first-order valence-electron chi connectivity index (χ1n) is 19.6. The summed E-state index contributed by atoms with van der Waals surface area (Å²) in [6.07, 6.45) is 0. The maximum absolute atomic E-state index is 9.41. The summed E-state index contributed by atoms with van der Waals surface area (Å²) in [4.78, 5) is 14.9. The number of benzene rings is 8. The van der Waals surface area contributed by atoms with Crippen LogP contribution < -0.4 is 0 Å². The van der Waals surface area contributed by atoms with Crippen LogP contribution in [0.1, 0.15) is 9.60 Å². The molecular formula is C45H25N3O2. The maximum atomic E-state index is 9.41. The fourth-order valence-electron chi connectivity index (χ4n) is 7.15. The van der Waals surface area contributed by atoms with E-state index in [0.29, 0.717) is 22.3 Å². The molecule has 0 amide bonds. The summed E-state index contributed by atoms with van der Waals surface area (Å²) in [5.41, 5.74) is 2.15. The van der Waals surface area contributed by atoms with Crippen molar-refractivity contribution in [1.82, 2.24) is 15.0 Å². The number of nitrogens with zero attached hydrogens (tertiary/aromatic N) is 3. The average molecular weight is 647 g/mol. The van der Waals surface area contributed by atoms with Crippen LogP contribution >= 0.6 is 0 Å². The van der Waals surface area contributed by atoms with Crippen molar-refractivity contribution >= 4 is 76.2 Å². The Hall–Kier alpha value is -6.85. The molecule has 11 aromatic rings. The lowest BCUT2D eigenvalue weighted by Crippen LogP contribution is -2.00. The van der Waals surface area contributed by atoms with Gasteiger partial charge in [0.25, 0.3) is 0 Å². The largest absolute Gasteiger partial charge is 0.456 e. The minimum Gasteiger partial charge on any atom is -0.456 e. The topological polar surface area (TPSA) is 65.0 Å². The van der Waals surface area contributed by atoms with Crippen molar-refractivity contribution in [2.45, 2.75) is 0 Å². The van der Waals surface area contributed by atoms with Crippen molar-refractivity contribution in [3.8, 4) is 34.2 Å². The summed E-state index contributed by atoms with van der Waals surface area (Å²) in [6, 6.07) is 32.9. The standard InChI is InChI=1S/C45H25N3O2/c1-2-12-30-28(10-1)29-11-3-4-13-31(29)37-24-26(20-22-32(30)37)43-46-44(27-21-23-34-33-14-5-7-17-38(33)50-41(34)25-27)48-45(47-43)36-16-9-19-40-42(36)35-15-6-8-18-39(35)49-40/h1-25H/i5D,7D,14D,17D,21D,23D,25D. The van der Waals surface area contributed by atoms with Gasteiger partial charge in [0.05, 0.1) is 9.60 Å². The molecule has 0 N–H and O–H groups in total. The van der Waals surface area contributed by atoms with Crippen LogP contribution in [0.3, 0.4) is 0 Å². The van der Waals surface area contributed by atoms with Gasteiger partial charge in [0.15, 0.2) is 17.5 Å². The number of hydrogen-bond acceptors (Lipinski definition) is 5. The van der Waals surface area contributed by atoms with Crippen LogP contribution in [-0.2, 0) is 0 Å². The van der Waals surface area contributed by atoms with E-state index >= 15 is 0 Å². The zero-order valence-corrected chi connectivity index (χ0v) is 26.1. The molecule has 0 aliphatic rings. The van der Waals surface area contributed by atoms with Gasteiger partial charge in [0.1, 0.15) is 22.3 Å². The Morgan fingerprint density at radius 2 is 1.00 bits per heavy atom. The van der Waals surface area contributed by atoms with Gasteiger partial charge in [0.2, 0.25) is 0 Å². The molecule has 11 rings (SSSR count). The van der Waals surface area contributed by atoms with Crippen LogP contribution in [-0.4, -0.2) is 15.0 Å². The first-order valence-corrected chi connectivity index (χ1v) is 16.1. The highest BCUT2D eigenvalue weighted by Gasteiger charge is 2.19. The quantitative estimate of drug-likeness (QED) is 0.179. The fourth-order valence-corrected chi connectivity index (χ4v) is 7.15. The minimum atomic E-state index is -0.500. The molecule has 0 atom stereocenters. The Balaban J connectivity index is 1.23. The maximum Gasteiger partial charge on any atom is 0.164 e. The van der Waals surface area contributed by atoms with Crippen molar-refractivity contribution in [3.63, 3.8) is 0 Å². The predicted octanol–water partition coefficient (Wildman–Crippen LogP) is 12.1. The van der Waals surface area contributed by atoms with Gasteiger partial charge in [-0.25, -0.2) is 15.0 Å². The fraction of sp³-hybridized carbons (Fsp3) is 0. The third-order valence-electron chi connectivity index (χ3n) is 9.39. The number of furan rings is 2. The van der Waals surface area contributed by atoms with E-state index < -0.39 is 30.2 Å². The molecule has 5 heteroatoms. The van der Waals surface area contributed by atoms with E-state index in [-0.39, 0.29) is 57.1 Å². The van der Waals surface area contributed by atoms with E-state index in [4.69, 9.17) is 30.6 Å². The first kappa shape index (κ1) is 21.2. The molecule has 0 saturated carbocycles. The molecule has 0 bridgehead atoms. The first-order chi connectivity index (χ1) is 27.7. The van der Waals surface area contributed by atoms with Crippen molar-refractivity contribution in [2.24, 2.45) is 0 Å². The predicted molar refractivity (Wildman–Crippen MR) is 203 cm³/mol. The van der Waals surface area contributed by atoms with Crippen LogP contribution in [0.4, 0.5) is 0 Å². The van der Waals surface area contributed by atoms with Gasteiger partial charge in [-0.05, 0) is 68.6 Å². The van der Waals surface area contributed by atoms with E-state index in [9.17, 15) is 2.74 Å². The van der Waals surface area contributed by atoms with Crippen LogP contribution in [0.5, 0.6) is 0 Å². The molecule has 0 radical (unpaired) electrons. The molecule has 0 fully saturated rings. The van der Waals surface area contributed by atoms with Crippen molar-refractivity contribution in [2.75, 3.05) is 0 Å². The monoisotopic (exact) mass is 646 g/mol. The smallest absolute Gasteiger partial charge is 0.164 e. The van der Waals surface area contributed by atoms with E-state index in [2.05, 4.69) is 30.3 Å². The highest BCUT2D eigenvalue weighted by Crippen LogP contribution is 2.39. The molecule has 3 aromatic heterocycles. The number of hydrogen-bond donors (Lipinski definition) is 0. The zero-order valence-electron chi connectivity index (χ0n) is 33.1. The average Bonchev–Trinajstić information content (AvgIpc) is 3.84. The number of rotatable bonds is 3. The number of para-hydroxylation sites is 2. The second kappa shape index (κ2) is 10.3. The molecular weight excluding hydrogens is 615 g/mol. The summed E-state index contributed by atoms with van der Waals surface area (Å²) < 4.78 is 73.5. The molecule has 0 unspecified atom stereocenters. The third-order valence-corrected chi connectivity index (χ3v) is 9.39. The Labute approximate surface area is 294 Å². The number of aromatic nitrogens is 3. The summed E-state index contributed by atoms with van der Waals surface area (Å²) >= 11 is 0. The normalized spacial score (nSPS) is 14.0. The lowest BCUT2D eigenvalue weighted by atomic mass is 9.93. The Kier molecular flexibility index (Phi) is 4.37. The zero-order chi connectivity index (χ0) is 38.9. The Morgan fingerprint density at radius 1 is 0.400 bits per heavy atom. The third kappa shape index (κ3) is 3.98. The molecule has 0 saturated heterocycles. The van der Waals surface area contributed by atoms with Gasteiger partial charge < -0.3 is 8.83 Å². The van der Waals surface area contributed by atoms with Gasteiger partial charge in [-0.1, -0.05) is 115 Å². The van der Waals surface area contributed by atoms with Gasteiger partial charge in [-0.3, -0.25) is 0 Å². The highest BCUT2D eigenvalue weighted by molar-refractivity contribution is 6.25. The van der Waals surface area contributed by atoms with E-state index in [1.165, 1.54) is 0 Å². The second-order valence-electron chi connectivity index (χ2n) is 12.2. The molecule has 232 valence electrons. The van der Waals surface area contributed by atoms with Gasteiger partial charge in [-0.15, -0.1) is 0 Å². The molecule has 8 aromatic carbocycles. The molecule has 3 heterocycles. The van der Waals surface area contributed by atoms with Crippen LogP contribution in [0, 0.1) is 0 Å². The molecule has 5 nitrogen and oxygen atoms in total. The van der Waals surface area contributed by atoms with Crippen LogP contribution in [0.15, 0.2) is 160 Å². The van der Waals surface area contributed by atoms with Crippen LogP contribution in [0.25, 0.3) is 110 Å². The van der Waals surface area contributed by atoms with E-state index in [1.54, 1.807) is 0 Å². The summed E-state index contributed by atoms with van der Waals surface area (Å²) in [6.45, 7) is 0.